The molecule has 2 aromatic heterocycles. The summed E-state index contributed by atoms with van der Waals surface area (Å²) in [6.45, 7) is 3.12. The second kappa shape index (κ2) is 6.36. The normalized spacial score (nSPS) is 12.9. The zero-order chi connectivity index (χ0) is 13.1. The number of aromatic nitrogens is 2. The number of rotatable bonds is 5. The molecule has 3 nitrogen and oxygen atoms in total. The van der Waals surface area contributed by atoms with Crippen LogP contribution in [0.4, 0.5) is 0 Å². The number of halogens is 2. The van der Waals surface area contributed by atoms with Gasteiger partial charge in [-0.25, -0.2) is 0 Å². The minimum atomic E-state index is 0.115. The summed E-state index contributed by atoms with van der Waals surface area (Å²) in [5.74, 6) is 0. The molecule has 0 aliphatic heterocycles. The summed E-state index contributed by atoms with van der Waals surface area (Å²) in [7, 11) is 1.93. The van der Waals surface area contributed by atoms with Crippen LogP contribution in [0.5, 0.6) is 0 Å². The molecule has 0 spiro atoms. The van der Waals surface area contributed by atoms with E-state index in [0.717, 1.165) is 18.7 Å². The lowest BCUT2D eigenvalue weighted by molar-refractivity contribution is 0.555. The molecule has 1 unspecified atom stereocenters. The lowest BCUT2D eigenvalue weighted by Gasteiger charge is -2.18. The van der Waals surface area contributed by atoms with Gasteiger partial charge in [-0.2, -0.15) is 5.10 Å². The van der Waals surface area contributed by atoms with E-state index >= 15 is 0 Å². The molecule has 0 radical (unpaired) electrons. The van der Waals surface area contributed by atoms with Crippen molar-refractivity contribution in [2.45, 2.75) is 19.4 Å². The van der Waals surface area contributed by atoms with Crippen LogP contribution in [0.3, 0.4) is 0 Å². The van der Waals surface area contributed by atoms with Gasteiger partial charge in [-0.3, -0.25) is 4.68 Å². The van der Waals surface area contributed by atoms with E-state index in [9.17, 15) is 0 Å². The van der Waals surface area contributed by atoms with Crippen molar-refractivity contribution in [2.24, 2.45) is 7.05 Å². The predicted molar refractivity (Wildman–Crippen MR) is 85.4 cm³/mol. The molecule has 18 heavy (non-hydrogen) atoms. The Morgan fingerprint density at radius 3 is 2.89 bits per heavy atom. The zero-order valence-electron chi connectivity index (χ0n) is 10.3. The minimum absolute atomic E-state index is 0.115. The first-order valence-corrected chi connectivity index (χ1v) is 8.11. The molecular weight excluding hydrogens is 381 g/mol. The van der Waals surface area contributed by atoms with Gasteiger partial charge in [0.05, 0.1) is 25.8 Å². The van der Waals surface area contributed by atoms with Crippen molar-refractivity contribution in [3.05, 3.63) is 36.8 Å². The van der Waals surface area contributed by atoms with Crippen molar-refractivity contribution in [3.8, 4) is 0 Å². The SMILES string of the molecule is CCCNC(c1csc(I)c1)c1c(Cl)cnn1C. The molecule has 0 aliphatic rings. The second-order valence-electron chi connectivity index (χ2n) is 4.07. The molecule has 0 saturated carbocycles. The van der Waals surface area contributed by atoms with Crippen LogP contribution in [0, 0.1) is 2.88 Å². The van der Waals surface area contributed by atoms with E-state index in [4.69, 9.17) is 11.6 Å². The average molecular weight is 396 g/mol. The highest BCUT2D eigenvalue weighted by atomic mass is 127. The molecule has 1 N–H and O–H groups in total. The predicted octanol–water partition coefficient (Wildman–Crippen LogP) is 3.83. The molecule has 0 saturated heterocycles. The van der Waals surface area contributed by atoms with Crippen LogP contribution in [0.1, 0.15) is 30.6 Å². The van der Waals surface area contributed by atoms with Gasteiger partial charge in [0.1, 0.15) is 0 Å². The molecule has 2 heterocycles. The van der Waals surface area contributed by atoms with Gasteiger partial charge in [0.15, 0.2) is 0 Å². The van der Waals surface area contributed by atoms with Gasteiger partial charge in [0.2, 0.25) is 0 Å². The summed E-state index contributed by atoms with van der Waals surface area (Å²) in [5, 5.41) is 10.7. The first kappa shape index (κ1) is 14.3. The third-order valence-corrected chi connectivity index (χ3v) is 4.83. The highest BCUT2D eigenvalue weighted by Crippen LogP contribution is 2.31. The van der Waals surface area contributed by atoms with E-state index in [-0.39, 0.29) is 6.04 Å². The number of hydrogen-bond acceptors (Lipinski definition) is 3. The standard InChI is InChI=1S/C12H15ClIN3S/c1-3-4-15-11(8-5-10(14)18-7-8)12-9(13)6-16-17(12)2/h5-7,11,15H,3-4H2,1-2H3. The smallest absolute Gasteiger partial charge is 0.0837 e. The van der Waals surface area contributed by atoms with Crippen LogP contribution < -0.4 is 5.32 Å². The Balaban J connectivity index is 2.36. The fourth-order valence-corrected chi connectivity index (χ4v) is 3.55. The quantitative estimate of drug-likeness (QED) is 0.780. The van der Waals surface area contributed by atoms with Crippen LogP contribution in [0.15, 0.2) is 17.6 Å². The summed E-state index contributed by atoms with van der Waals surface area (Å²) >= 11 is 10.3. The summed E-state index contributed by atoms with van der Waals surface area (Å²) in [5.41, 5.74) is 2.28. The van der Waals surface area contributed by atoms with Crippen molar-refractivity contribution in [2.75, 3.05) is 6.54 Å². The summed E-state index contributed by atoms with van der Waals surface area (Å²) in [6.07, 6.45) is 2.79. The number of aryl methyl sites for hydroxylation is 1. The number of nitrogens with one attached hydrogen (secondary N) is 1. The molecule has 0 aromatic carbocycles. The summed E-state index contributed by atoms with van der Waals surface area (Å²) in [4.78, 5) is 0. The van der Waals surface area contributed by atoms with Crippen LogP contribution in [0.25, 0.3) is 0 Å². The van der Waals surface area contributed by atoms with Gasteiger partial charge < -0.3 is 5.32 Å². The van der Waals surface area contributed by atoms with E-state index in [1.54, 1.807) is 17.5 Å². The number of thiophene rings is 1. The maximum atomic E-state index is 6.25. The molecule has 1 atom stereocenters. The Morgan fingerprint density at radius 2 is 2.39 bits per heavy atom. The number of hydrogen-bond donors (Lipinski definition) is 1. The van der Waals surface area contributed by atoms with E-state index in [2.05, 4.69) is 51.4 Å². The van der Waals surface area contributed by atoms with Crippen LogP contribution in [-0.2, 0) is 7.05 Å². The third kappa shape index (κ3) is 3.07. The number of nitrogens with zero attached hydrogens (tertiary/aromatic N) is 2. The monoisotopic (exact) mass is 395 g/mol. The molecule has 0 bridgehead atoms. The van der Waals surface area contributed by atoms with Crippen LogP contribution >= 0.6 is 45.5 Å². The van der Waals surface area contributed by atoms with E-state index in [1.807, 2.05) is 11.7 Å². The van der Waals surface area contributed by atoms with Gasteiger partial charge in [0.25, 0.3) is 0 Å². The van der Waals surface area contributed by atoms with Crippen LogP contribution in [-0.4, -0.2) is 16.3 Å². The largest absolute Gasteiger partial charge is 0.305 e. The highest BCUT2D eigenvalue weighted by molar-refractivity contribution is 14.1. The Labute approximate surface area is 130 Å². The minimum Gasteiger partial charge on any atom is -0.305 e. The van der Waals surface area contributed by atoms with Gasteiger partial charge in [-0.05, 0) is 52.6 Å². The highest BCUT2D eigenvalue weighted by Gasteiger charge is 2.21. The molecule has 6 heteroatoms. The Kier molecular flexibility index (Phi) is 5.06. The van der Waals surface area contributed by atoms with E-state index < -0.39 is 0 Å². The summed E-state index contributed by atoms with van der Waals surface area (Å²) in [6, 6.07) is 2.31. The van der Waals surface area contributed by atoms with E-state index in [1.165, 1.54) is 8.45 Å². The van der Waals surface area contributed by atoms with Gasteiger partial charge >= 0.3 is 0 Å². The first-order chi connectivity index (χ1) is 8.63. The van der Waals surface area contributed by atoms with E-state index in [0.29, 0.717) is 5.02 Å². The topological polar surface area (TPSA) is 29.9 Å². The lowest BCUT2D eigenvalue weighted by atomic mass is 10.1. The van der Waals surface area contributed by atoms with Gasteiger partial charge in [-0.15, -0.1) is 11.3 Å². The molecule has 0 amide bonds. The Morgan fingerprint density at radius 1 is 1.61 bits per heavy atom. The van der Waals surface area contributed by atoms with Crippen molar-refractivity contribution in [3.63, 3.8) is 0 Å². The molecule has 2 aromatic rings. The van der Waals surface area contributed by atoms with Crippen molar-refractivity contribution in [1.29, 1.82) is 0 Å². The van der Waals surface area contributed by atoms with Crippen molar-refractivity contribution < 1.29 is 0 Å². The first-order valence-electron chi connectivity index (χ1n) is 5.78. The lowest BCUT2D eigenvalue weighted by Crippen LogP contribution is -2.25. The average Bonchev–Trinajstić information content (AvgIpc) is 2.90. The van der Waals surface area contributed by atoms with Crippen molar-refractivity contribution >= 4 is 45.5 Å². The fourth-order valence-electron chi connectivity index (χ4n) is 1.88. The maximum Gasteiger partial charge on any atom is 0.0837 e. The molecule has 2 rings (SSSR count). The Bertz CT molecular complexity index is 504. The molecule has 0 fully saturated rings. The molecular formula is C12H15ClIN3S. The molecule has 98 valence electrons. The second-order valence-corrected chi connectivity index (χ2v) is 7.29. The Hall–Kier alpha value is -0.110. The van der Waals surface area contributed by atoms with Crippen LogP contribution in [0.2, 0.25) is 5.02 Å². The zero-order valence-corrected chi connectivity index (χ0v) is 14.0. The maximum absolute atomic E-state index is 6.25. The van der Waals surface area contributed by atoms with Gasteiger partial charge in [0, 0.05) is 7.05 Å². The summed E-state index contributed by atoms with van der Waals surface area (Å²) < 4.78 is 3.13. The van der Waals surface area contributed by atoms with Gasteiger partial charge in [-0.1, -0.05) is 18.5 Å². The van der Waals surface area contributed by atoms with Crippen molar-refractivity contribution in [1.82, 2.24) is 15.1 Å². The molecule has 0 aliphatic carbocycles. The fraction of sp³-hybridized carbons (Fsp3) is 0.417. The third-order valence-electron chi connectivity index (χ3n) is 2.73.